The van der Waals surface area contributed by atoms with Crippen LogP contribution in [0.2, 0.25) is 0 Å². The zero-order valence-corrected chi connectivity index (χ0v) is 14.0. The first-order valence-electron chi connectivity index (χ1n) is 7.21. The van der Waals surface area contributed by atoms with Crippen LogP contribution in [0.25, 0.3) is 0 Å². The summed E-state index contributed by atoms with van der Waals surface area (Å²) < 4.78 is 0. The predicted octanol–water partition coefficient (Wildman–Crippen LogP) is 5.04. The molecule has 0 saturated carbocycles. The molecule has 0 atom stereocenters. The highest BCUT2D eigenvalue weighted by Crippen LogP contribution is 2.19. The number of aryl methyl sites for hydroxylation is 4. The summed E-state index contributed by atoms with van der Waals surface area (Å²) in [6, 6.07) is 12.6. The highest BCUT2D eigenvalue weighted by Gasteiger charge is 2.09. The Balaban J connectivity index is 1.96. The van der Waals surface area contributed by atoms with Crippen LogP contribution in [0.4, 0.5) is 0 Å². The lowest BCUT2D eigenvalue weighted by Crippen LogP contribution is -2.05. The molecular formula is C19H22OS. The van der Waals surface area contributed by atoms with Crippen molar-refractivity contribution in [1.82, 2.24) is 0 Å². The quantitative estimate of drug-likeness (QED) is 0.720. The zero-order valence-electron chi connectivity index (χ0n) is 13.2. The lowest BCUT2D eigenvalue weighted by molar-refractivity contribution is 0.102. The summed E-state index contributed by atoms with van der Waals surface area (Å²) in [5.74, 6) is 1.65. The van der Waals surface area contributed by atoms with Crippen LogP contribution >= 0.6 is 11.8 Å². The van der Waals surface area contributed by atoms with E-state index < -0.39 is 0 Å². The third-order valence-corrected chi connectivity index (χ3v) is 4.48. The second-order valence-electron chi connectivity index (χ2n) is 5.73. The Kier molecular flexibility index (Phi) is 5.24. The Morgan fingerprint density at radius 1 is 0.905 bits per heavy atom. The normalized spacial score (nSPS) is 10.7. The third-order valence-electron chi connectivity index (χ3n) is 3.48. The van der Waals surface area contributed by atoms with E-state index in [0.717, 1.165) is 22.4 Å². The highest BCUT2D eigenvalue weighted by atomic mass is 32.2. The number of Topliss-reactive ketones (excluding diaryl/α,β-unsaturated/α-hetero) is 1. The topological polar surface area (TPSA) is 17.1 Å². The second kappa shape index (κ2) is 6.95. The molecule has 0 unspecified atom stereocenters. The number of hydrogen-bond donors (Lipinski definition) is 0. The first kappa shape index (κ1) is 15.8. The SMILES string of the molecule is Cc1cc(C)cc(CSCC(=O)c2cc(C)ccc2C)c1. The molecule has 2 aromatic carbocycles. The van der Waals surface area contributed by atoms with Crippen LogP contribution in [0.3, 0.4) is 0 Å². The standard InChI is InChI=1S/C19H22OS/c1-13-5-6-16(4)18(10-13)19(20)12-21-11-17-8-14(2)7-15(3)9-17/h5-10H,11-12H2,1-4H3. The van der Waals surface area contributed by atoms with Crippen molar-refractivity contribution in [2.75, 3.05) is 5.75 Å². The molecule has 2 aromatic rings. The minimum atomic E-state index is 0.227. The molecule has 0 spiro atoms. The van der Waals surface area contributed by atoms with E-state index in [2.05, 4.69) is 38.1 Å². The van der Waals surface area contributed by atoms with Crippen molar-refractivity contribution in [2.24, 2.45) is 0 Å². The number of benzene rings is 2. The average Bonchev–Trinajstić information content (AvgIpc) is 2.40. The molecule has 0 aromatic heterocycles. The van der Waals surface area contributed by atoms with Crippen molar-refractivity contribution in [3.8, 4) is 0 Å². The maximum Gasteiger partial charge on any atom is 0.173 e. The smallest absolute Gasteiger partial charge is 0.173 e. The fraction of sp³-hybridized carbons (Fsp3) is 0.316. The van der Waals surface area contributed by atoms with Gasteiger partial charge in [0.15, 0.2) is 5.78 Å². The molecule has 0 amide bonds. The van der Waals surface area contributed by atoms with Gasteiger partial charge in [-0.2, -0.15) is 0 Å². The van der Waals surface area contributed by atoms with Gasteiger partial charge < -0.3 is 0 Å². The molecule has 0 fully saturated rings. The Labute approximate surface area is 131 Å². The Bertz CT molecular complexity index is 638. The van der Waals surface area contributed by atoms with E-state index in [4.69, 9.17) is 0 Å². The van der Waals surface area contributed by atoms with E-state index in [1.807, 2.05) is 26.0 Å². The molecule has 2 rings (SSSR count). The molecule has 2 heteroatoms. The molecule has 0 aliphatic heterocycles. The van der Waals surface area contributed by atoms with Crippen molar-refractivity contribution < 1.29 is 4.79 Å². The minimum Gasteiger partial charge on any atom is -0.293 e. The summed E-state index contributed by atoms with van der Waals surface area (Å²) in [6.45, 7) is 8.25. The van der Waals surface area contributed by atoms with Gasteiger partial charge >= 0.3 is 0 Å². The van der Waals surface area contributed by atoms with Gasteiger partial charge in [-0.15, -0.1) is 11.8 Å². The van der Waals surface area contributed by atoms with E-state index in [-0.39, 0.29) is 5.78 Å². The molecule has 21 heavy (non-hydrogen) atoms. The van der Waals surface area contributed by atoms with Gasteiger partial charge in [-0.05, 0) is 44.9 Å². The summed E-state index contributed by atoms with van der Waals surface area (Å²) in [4.78, 5) is 12.3. The Morgan fingerprint density at radius 3 is 2.24 bits per heavy atom. The molecule has 0 N–H and O–H groups in total. The van der Waals surface area contributed by atoms with Gasteiger partial charge in [0.25, 0.3) is 0 Å². The van der Waals surface area contributed by atoms with E-state index in [1.54, 1.807) is 11.8 Å². The van der Waals surface area contributed by atoms with Gasteiger partial charge in [0, 0.05) is 11.3 Å². The van der Waals surface area contributed by atoms with Crippen molar-refractivity contribution >= 4 is 17.5 Å². The summed E-state index contributed by atoms with van der Waals surface area (Å²) in [7, 11) is 0. The molecule has 0 saturated heterocycles. The summed E-state index contributed by atoms with van der Waals surface area (Å²) in [6.07, 6.45) is 0. The lowest BCUT2D eigenvalue weighted by Gasteiger charge is -2.07. The van der Waals surface area contributed by atoms with Gasteiger partial charge in [0.05, 0.1) is 5.75 Å². The van der Waals surface area contributed by atoms with Crippen LogP contribution in [0.15, 0.2) is 36.4 Å². The molecule has 0 aliphatic carbocycles. The van der Waals surface area contributed by atoms with Crippen molar-refractivity contribution in [3.05, 3.63) is 69.8 Å². The predicted molar refractivity (Wildman–Crippen MR) is 92.3 cm³/mol. The fourth-order valence-corrected chi connectivity index (χ4v) is 3.37. The van der Waals surface area contributed by atoms with Crippen molar-refractivity contribution in [2.45, 2.75) is 33.4 Å². The Hall–Kier alpha value is -1.54. The minimum absolute atomic E-state index is 0.227. The second-order valence-corrected chi connectivity index (χ2v) is 6.72. The number of rotatable bonds is 5. The number of ketones is 1. The summed E-state index contributed by atoms with van der Waals surface area (Å²) >= 11 is 1.69. The van der Waals surface area contributed by atoms with Gasteiger partial charge in [0.2, 0.25) is 0 Å². The van der Waals surface area contributed by atoms with E-state index in [9.17, 15) is 4.79 Å². The number of thioether (sulfide) groups is 1. The summed E-state index contributed by atoms with van der Waals surface area (Å²) in [5.41, 5.74) is 6.94. The van der Waals surface area contributed by atoms with Crippen molar-refractivity contribution in [1.29, 1.82) is 0 Å². The molecule has 0 heterocycles. The lowest BCUT2D eigenvalue weighted by atomic mass is 10.0. The average molecular weight is 298 g/mol. The van der Waals surface area contributed by atoms with Crippen LogP contribution in [0, 0.1) is 27.7 Å². The third kappa shape index (κ3) is 4.47. The fourth-order valence-electron chi connectivity index (χ4n) is 2.53. The monoisotopic (exact) mass is 298 g/mol. The van der Waals surface area contributed by atoms with Crippen LogP contribution in [0.5, 0.6) is 0 Å². The molecular weight excluding hydrogens is 276 g/mol. The number of hydrogen-bond acceptors (Lipinski definition) is 2. The highest BCUT2D eigenvalue weighted by molar-refractivity contribution is 7.99. The van der Waals surface area contributed by atoms with E-state index >= 15 is 0 Å². The molecule has 0 bridgehead atoms. The van der Waals surface area contributed by atoms with E-state index in [0.29, 0.717) is 5.75 Å². The van der Waals surface area contributed by atoms with Crippen LogP contribution in [0.1, 0.15) is 38.2 Å². The Morgan fingerprint density at radius 2 is 1.57 bits per heavy atom. The van der Waals surface area contributed by atoms with Crippen LogP contribution in [-0.4, -0.2) is 11.5 Å². The number of carbonyl (C=O) groups is 1. The molecule has 0 radical (unpaired) electrons. The summed E-state index contributed by atoms with van der Waals surface area (Å²) in [5, 5.41) is 0. The zero-order chi connectivity index (χ0) is 15.4. The largest absolute Gasteiger partial charge is 0.293 e. The molecule has 110 valence electrons. The first-order chi connectivity index (χ1) is 9.95. The van der Waals surface area contributed by atoms with Crippen LogP contribution < -0.4 is 0 Å². The maximum absolute atomic E-state index is 12.3. The van der Waals surface area contributed by atoms with Gasteiger partial charge in [-0.3, -0.25) is 4.79 Å². The molecule has 0 aliphatic rings. The van der Waals surface area contributed by atoms with Crippen LogP contribution in [-0.2, 0) is 5.75 Å². The van der Waals surface area contributed by atoms with Gasteiger partial charge in [-0.25, -0.2) is 0 Å². The number of carbonyl (C=O) groups excluding carboxylic acids is 1. The van der Waals surface area contributed by atoms with Crippen molar-refractivity contribution in [3.63, 3.8) is 0 Å². The maximum atomic E-state index is 12.3. The molecule has 1 nitrogen and oxygen atoms in total. The van der Waals surface area contributed by atoms with E-state index in [1.165, 1.54) is 16.7 Å². The van der Waals surface area contributed by atoms with Gasteiger partial charge in [0.1, 0.15) is 0 Å². The van der Waals surface area contributed by atoms with Gasteiger partial charge in [-0.1, -0.05) is 47.0 Å². The first-order valence-corrected chi connectivity index (χ1v) is 8.36.